The Morgan fingerprint density at radius 3 is 2.57 bits per heavy atom. The number of methoxy groups -OCH3 is 1. The molecule has 0 heterocycles. The van der Waals surface area contributed by atoms with E-state index in [1.807, 2.05) is 6.07 Å². The largest absolute Gasteiger partial charge is 0.482 e. The molecule has 0 saturated heterocycles. The minimum atomic E-state index is -0.725. The van der Waals surface area contributed by atoms with E-state index in [1.54, 1.807) is 38.1 Å². The highest BCUT2D eigenvalue weighted by atomic mass is 16.5. The molecule has 0 aliphatic carbocycles. The highest BCUT2D eigenvalue weighted by molar-refractivity contribution is 5.85. The van der Waals surface area contributed by atoms with Crippen LogP contribution in [0.25, 0.3) is 0 Å². The van der Waals surface area contributed by atoms with E-state index in [4.69, 9.17) is 10.00 Å². The average Bonchev–Trinajstić information content (AvgIpc) is 2.49. The van der Waals surface area contributed by atoms with E-state index in [9.17, 15) is 9.59 Å². The number of nitrogens with one attached hydrogen (secondary N) is 1. The first kappa shape index (κ1) is 16.5. The van der Waals surface area contributed by atoms with E-state index >= 15 is 0 Å². The van der Waals surface area contributed by atoms with Gasteiger partial charge >= 0.3 is 5.97 Å². The van der Waals surface area contributed by atoms with Gasteiger partial charge in [0.2, 0.25) is 0 Å². The topological polar surface area (TPSA) is 88.4 Å². The van der Waals surface area contributed by atoms with Crippen LogP contribution in [0.1, 0.15) is 19.4 Å². The lowest BCUT2D eigenvalue weighted by Crippen LogP contribution is -2.46. The van der Waals surface area contributed by atoms with Crippen LogP contribution in [0.2, 0.25) is 0 Å². The SMILES string of the molecule is COC(=O)[C@@H](NC(=O)COc1ccccc1C#N)C(C)C. The monoisotopic (exact) mass is 290 g/mol. The minimum Gasteiger partial charge on any atom is -0.482 e. The highest BCUT2D eigenvalue weighted by Gasteiger charge is 2.24. The summed E-state index contributed by atoms with van der Waals surface area (Å²) in [6, 6.07) is 7.86. The molecule has 0 saturated carbocycles. The summed E-state index contributed by atoms with van der Waals surface area (Å²) in [5.74, 6) is -0.732. The second-order valence-corrected chi connectivity index (χ2v) is 4.71. The molecule has 1 amide bonds. The molecule has 0 fully saturated rings. The van der Waals surface area contributed by atoms with Crippen molar-refractivity contribution in [2.24, 2.45) is 5.92 Å². The zero-order valence-electron chi connectivity index (χ0n) is 12.3. The zero-order chi connectivity index (χ0) is 15.8. The van der Waals surface area contributed by atoms with Gasteiger partial charge in [-0.3, -0.25) is 4.79 Å². The fourth-order valence-electron chi connectivity index (χ4n) is 1.67. The molecule has 1 aromatic rings. The van der Waals surface area contributed by atoms with Crippen molar-refractivity contribution in [2.75, 3.05) is 13.7 Å². The van der Waals surface area contributed by atoms with Crippen LogP contribution in [-0.4, -0.2) is 31.6 Å². The maximum atomic E-state index is 11.8. The van der Waals surface area contributed by atoms with Crippen molar-refractivity contribution in [2.45, 2.75) is 19.9 Å². The molecule has 6 heteroatoms. The molecule has 0 spiro atoms. The molecule has 0 bridgehead atoms. The van der Waals surface area contributed by atoms with Crippen LogP contribution in [0.5, 0.6) is 5.75 Å². The number of nitrogens with zero attached hydrogens (tertiary/aromatic N) is 1. The number of carbonyl (C=O) groups is 2. The van der Waals surface area contributed by atoms with Gasteiger partial charge in [-0.1, -0.05) is 26.0 Å². The summed E-state index contributed by atoms with van der Waals surface area (Å²) in [6.45, 7) is 3.32. The fraction of sp³-hybridized carbons (Fsp3) is 0.400. The smallest absolute Gasteiger partial charge is 0.328 e. The number of ether oxygens (including phenoxy) is 2. The maximum absolute atomic E-state index is 11.8. The van der Waals surface area contributed by atoms with Gasteiger partial charge in [0.15, 0.2) is 6.61 Å². The predicted octanol–water partition coefficient (Wildman–Crippen LogP) is 1.25. The van der Waals surface area contributed by atoms with Gasteiger partial charge in [-0.25, -0.2) is 4.79 Å². The van der Waals surface area contributed by atoms with Crippen LogP contribution in [0.3, 0.4) is 0 Å². The van der Waals surface area contributed by atoms with Gasteiger partial charge in [-0.2, -0.15) is 5.26 Å². The van der Waals surface area contributed by atoms with Crippen molar-refractivity contribution in [1.29, 1.82) is 5.26 Å². The van der Waals surface area contributed by atoms with Crippen molar-refractivity contribution in [3.63, 3.8) is 0 Å². The Hall–Kier alpha value is -2.55. The first-order valence-corrected chi connectivity index (χ1v) is 6.48. The lowest BCUT2D eigenvalue weighted by Gasteiger charge is -2.19. The van der Waals surface area contributed by atoms with Crippen LogP contribution >= 0.6 is 0 Å². The van der Waals surface area contributed by atoms with Gasteiger partial charge in [-0.15, -0.1) is 0 Å². The summed E-state index contributed by atoms with van der Waals surface area (Å²) < 4.78 is 9.93. The number of benzene rings is 1. The van der Waals surface area contributed by atoms with Crippen LogP contribution in [-0.2, 0) is 14.3 Å². The first-order chi connectivity index (χ1) is 9.99. The fourth-order valence-corrected chi connectivity index (χ4v) is 1.67. The summed E-state index contributed by atoms with van der Waals surface area (Å²) in [5, 5.41) is 11.5. The van der Waals surface area contributed by atoms with Gasteiger partial charge in [-0.05, 0) is 18.1 Å². The van der Waals surface area contributed by atoms with E-state index < -0.39 is 17.9 Å². The standard InChI is InChI=1S/C15H18N2O4/c1-10(2)14(15(19)20-3)17-13(18)9-21-12-7-5-4-6-11(12)8-16/h4-7,10,14H,9H2,1-3H3,(H,17,18)/t14-/m0/s1. The molecule has 21 heavy (non-hydrogen) atoms. The zero-order valence-corrected chi connectivity index (χ0v) is 12.3. The molecule has 0 aliphatic rings. The first-order valence-electron chi connectivity index (χ1n) is 6.48. The van der Waals surface area contributed by atoms with Gasteiger partial charge < -0.3 is 14.8 Å². The number of hydrogen-bond donors (Lipinski definition) is 1. The highest BCUT2D eigenvalue weighted by Crippen LogP contribution is 2.16. The molecule has 0 unspecified atom stereocenters. The van der Waals surface area contributed by atoms with Crippen LogP contribution < -0.4 is 10.1 Å². The third-order valence-corrected chi connectivity index (χ3v) is 2.80. The van der Waals surface area contributed by atoms with E-state index in [0.717, 1.165) is 0 Å². The Bertz CT molecular complexity index is 549. The number of amides is 1. The van der Waals surface area contributed by atoms with Gasteiger partial charge in [0.1, 0.15) is 17.9 Å². The molecular formula is C15H18N2O4. The molecule has 1 rings (SSSR count). The van der Waals surface area contributed by atoms with E-state index in [0.29, 0.717) is 11.3 Å². The number of rotatable bonds is 6. The lowest BCUT2D eigenvalue weighted by atomic mass is 10.0. The third kappa shape index (κ3) is 4.80. The second-order valence-electron chi connectivity index (χ2n) is 4.71. The number of para-hydroxylation sites is 1. The van der Waals surface area contributed by atoms with E-state index in [1.165, 1.54) is 7.11 Å². The Labute approximate surface area is 123 Å². The molecule has 112 valence electrons. The van der Waals surface area contributed by atoms with Crippen LogP contribution in [0, 0.1) is 17.2 Å². The molecule has 6 nitrogen and oxygen atoms in total. The summed E-state index contributed by atoms with van der Waals surface area (Å²) in [4.78, 5) is 23.4. The van der Waals surface area contributed by atoms with E-state index in [2.05, 4.69) is 10.1 Å². The number of nitriles is 1. The van der Waals surface area contributed by atoms with Gasteiger partial charge in [0.25, 0.3) is 5.91 Å². The Balaban J connectivity index is 2.61. The Kier molecular flexibility index (Phi) is 6.21. The molecular weight excluding hydrogens is 272 g/mol. The molecule has 1 aromatic carbocycles. The summed E-state index contributed by atoms with van der Waals surface area (Å²) >= 11 is 0. The van der Waals surface area contributed by atoms with Gasteiger partial charge in [0, 0.05) is 0 Å². The second kappa shape index (κ2) is 7.90. The molecule has 0 aromatic heterocycles. The minimum absolute atomic E-state index is 0.104. The Morgan fingerprint density at radius 2 is 2.00 bits per heavy atom. The number of esters is 1. The third-order valence-electron chi connectivity index (χ3n) is 2.80. The van der Waals surface area contributed by atoms with Crippen molar-refractivity contribution >= 4 is 11.9 Å². The van der Waals surface area contributed by atoms with Crippen LogP contribution in [0.4, 0.5) is 0 Å². The van der Waals surface area contributed by atoms with Crippen molar-refractivity contribution in [3.8, 4) is 11.8 Å². The lowest BCUT2D eigenvalue weighted by molar-refractivity contribution is -0.146. The van der Waals surface area contributed by atoms with Crippen molar-refractivity contribution < 1.29 is 19.1 Å². The van der Waals surface area contributed by atoms with Crippen molar-refractivity contribution in [3.05, 3.63) is 29.8 Å². The Morgan fingerprint density at radius 1 is 1.33 bits per heavy atom. The maximum Gasteiger partial charge on any atom is 0.328 e. The molecule has 1 N–H and O–H groups in total. The summed E-state index contributed by atoms with van der Waals surface area (Å²) in [6.07, 6.45) is 0. The van der Waals surface area contributed by atoms with Crippen LogP contribution in [0.15, 0.2) is 24.3 Å². The van der Waals surface area contributed by atoms with Crippen molar-refractivity contribution in [1.82, 2.24) is 5.32 Å². The molecule has 0 radical (unpaired) electrons. The predicted molar refractivity (Wildman–Crippen MR) is 75.4 cm³/mol. The normalized spacial score (nSPS) is 11.4. The number of carbonyl (C=O) groups excluding carboxylic acids is 2. The summed E-state index contributed by atoms with van der Waals surface area (Å²) in [7, 11) is 1.27. The summed E-state index contributed by atoms with van der Waals surface area (Å²) in [5.41, 5.74) is 0.346. The molecule has 1 atom stereocenters. The molecule has 0 aliphatic heterocycles. The van der Waals surface area contributed by atoms with E-state index in [-0.39, 0.29) is 12.5 Å². The quantitative estimate of drug-likeness (QED) is 0.797. The average molecular weight is 290 g/mol. The number of hydrogen-bond acceptors (Lipinski definition) is 5. The van der Waals surface area contributed by atoms with Gasteiger partial charge in [0.05, 0.1) is 12.7 Å².